The summed E-state index contributed by atoms with van der Waals surface area (Å²) < 4.78 is 13.4. The van der Waals surface area contributed by atoms with Crippen molar-refractivity contribution in [3.8, 4) is 0 Å². The Labute approximate surface area is 122 Å². The monoisotopic (exact) mass is 275 g/mol. The third-order valence-corrected chi connectivity index (χ3v) is 4.16. The van der Waals surface area contributed by atoms with Gasteiger partial charge in [0.2, 0.25) is 0 Å². The summed E-state index contributed by atoms with van der Waals surface area (Å²) in [5.41, 5.74) is 3.90. The molecule has 1 aliphatic rings. The van der Waals surface area contributed by atoms with E-state index in [0.717, 1.165) is 24.9 Å². The maximum Gasteiger partial charge on any atom is 0.123 e. The standard InChI is InChI=1S/C18H26FN/c1-3-20-18(11-15-7-5-4-6-8-15)13-16-12-17(19)10-9-14(16)2/h7,9-10,12,18,20H,3-6,8,11,13H2,1-2H3. The molecule has 0 saturated carbocycles. The van der Waals surface area contributed by atoms with E-state index in [4.69, 9.17) is 0 Å². The fourth-order valence-electron chi connectivity index (χ4n) is 3.04. The number of aryl methyl sites for hydroxylation is 1. The molecule has 0 saturated heterocycles. The first kappa shape index (κ1) is 15.2. The van der Waals surface area contributed by atoms with Crippen molar-refractivity contribution in [3.63, 3.8) is 0 Å². The van der Waals surface area contributed by atoms with Crippen molar-refractivity contribution in [2.45, 2.75) is 58.4 Å². The Morgan fingerprint density at radius 2 is 2.10 bits per heavy atom. The molecule has 1 N–H and O–H groups in total. The number of rotatable bonds is 6. The summed E-state index contributed by atoms with van der Waals surface area (Å²) in [4.78, 5) is 0. The zero-order valence-electron chi connectivity index (χ0n) is 12.7. The molecule has 20 heavy (non-hydrogen) atoms. The lowest BCUT2D eigenvalue weighted by molar-refractivity contribution is 0.502. The van der Waals surface area contributed by atoms with Crippen molar-refractivity contribution in [3.05, 3.63) is 46.8 Å². The smallest absolute Gasteiger partial charge is 0.123 e. The molecule has 1 aliphatic carbocycles. The minimum atomic E-state index is -0.127. The predicted octanol–water partition coefficient (Wildman–Crippen LogP) is 4.55. The van der Waals surface area contributed by atoms with Crippen LogP contribution in [0.1, 0.15) is 50.2 Å². The van der Waals surface area contributed by atoms with E-state index in [1.165, 1.54) is 31.2 Å². The fourth-order valence-corrected chi connectivity index (χ4v) is 3.04. The van der Waals surface area contributed by atoms with Crippen LogP contribution in [-0.2, 0) is 6.42 Å². The molecule has 1 unspecified atom stereocenters. The molecule has 2 rings (SSSR count). The Morgan fingerprint density at radius 3 is 2.80 bits per heavy atom. The average molecular weight is 275 g/mol. The van der Waals surface area contributed by atoms with Gasteiger partial charge in [-0.3, -0.25) is 0 Å². The summed E-state index contributed by atoms with van der Waals surface area (Å²) in [6.07, 6.45) is 9.55. The number of allylic oxidation sites excluding steroid dienone is 1. The summed E-state index contributed by atoms with van der Waals surface area (Å²) in [6, 6.07) is 5.54. The fraction of sp³-hybridized carbons (Fsp3) is 0.556. The zero-order valence-corrected chi connectivity index (χ0v) is 12.7. The Morgan fingerprint density at radius 1 is 1.25 bits per heavy atom. The lowest BCUT2D eigenvalue weighted by Crippen LogP contribution is -2.32. The van der Waals surface area contributed by atoms with Gasteiger partial charge in [0.25, 0.3) is 0 Å². The predicted molar refractivity (Wildman–Crippen MR) is 83.5 cm³/mol. The molecule has 2 heteroatoms. The van der Waals surface area contributed by atoms with Crippen LogP contribution in [0.25, 0.3) is 0 Å². The van der Waals surface area contributed by atoms with Gasteiger partial charge in [0, 0.05) is 6.04 Å². The Kier molecular flexibility index (Phi) is 5.78. The highest BCUT2D eigenvalue weighted by Gasteiger charge is 2.14. The molecule has 1 nitrogen and oxygen atoms in total. The van der Waals surface area contributed by atoms with Gasteiger partial charge in [-0.25, -0.2) is 4.39 Å². The van der Waals surface area contributed by atoms with Gasteiger partial charge in [0.05, 0.1) is 0 Å². The van der Waals surface area contributed by atoms with Crippen LogP contribution in [0, 0.1) is 12.7 Å². The molecule has 0 radical (unpaired) electrons. The molecule has 1 aromatic carbocycles. The molecule has 0 aromatic heterocycles. The molecule has 1 aromatic rings. The quantitative estimate of drug-likeness (QED) is 0.751. The van der Waals surface area contributed by atoms with Crippen LogP contribution in [0.15, 0.2) is 29.8 Å². The van der Waals surface area contributed by atoms with Crippen molar-refractivity contribution >= 4 is 0 Å². The number of hydrogen-bond acceptors (Lipinski definition) is 1. The largest absolute Gasteiger partial charge is 0.314 e. The number of hydrogen-bond donors (Lipinski definition) is 1. The van der Waals surface area contributed by atoms with E-state index in [2.05, 4.69) is 25.2 Å². The normalized spacial score (nSPS) is 16.9. The van der Waals surface area contributed by atoms with E-state index >= 15 is 0 Å². The molecule has 0 heterocycles. The van der Waals surface area contributed by atoms with Crippen molar-refractivity contribution in [1.29, 1.82) is 0 Å². The van der Waals surface area contributed by atoms with Crippen molar-refractivity contribution in [1.82, 2.24) is 5.32 Å². The number of likely N-dealkylation sites (N-methyl/N-ethyl adjacent to an activating group) is 1. The Hall–Kier alpha value is -1.15. The van der Waals surface area contributed by atoms with Crippen LogP contribution in [0.3, 0.4) is 0 Å². The van der Waals surface area contributed by atoms with Crippen LogP contribution in [-0.4, -0.2) is 12.6 Å². The van der Waals surface area contributed by atoms with Crippen LogP contribution >= 0.6 is 0 Å². The van der Waals surface area contributed by atoms with Gasteiger partial charge in [0.1, 0.15) is 5.82 Å². The van der Waals surface area contributed by atoms with Gasteiger partial charge in [-0.2, -0.15) is 0 Å². The van der Waals surface area contributed by atoms with E-state index in [-0.39, 0.29) is 5.82 Å². The zero-order chi connectivity index (χ0) is 14.4. The highest BCUT2D eigenvalue weighted by Crippen LogP contribution is 2.23. The van der Waals surface area contributed by atoms with Crippen molar-refractivity contribution in [2.24, 2.45) is 0 Å². The third-order valence-electron chi connectivity index (χ3n) is 4.16. The maximum atomic E-state index is 13.4. The first-order valence-electron chi connectivity index (χ1n) is 7.85. The molecular weight excluding hydrogens is 249 g/mol. The van der Waals surface area contributed by atoms with Crippen molar-refractivity contribution in [2.75, 3.05) is 6.54 Å². The summed E-state index contributed by atoms with van der Waals surface area (Å²) in [7, 11) is 0. The van der Waals surface area contributed by atoms with E-state index in [9.17, 15) is 4.39 Å². The van der Waals surface area contributed by atoms with E-state index in [1.807, 2.05) is 6.07 Å². The average Bonchev–Trinajstić information content (AvgIpc) is 2.44. The number of halogens is 1. The van der Waals surface area contributed by atoms with E-state index in [1.54, 1.807) is 17.7 Å². The van der Waals surface area contributed by atoms with E-state index < -0.39 is 0 Å². The lowest BCUT2D eigenvalue weighted by atomic mass is 9.91. The first-order valence-corrected chi connectivity index (χ1v) is 7.85. The maximum absolute atomic E-state index is 13.4. The van der Waals surface area contributed by atoms with Gasteiger partial charge in [0.15, 0.2) is 0 Å². The molecule has 0 amide bonds. The second-order valence-electron chi connectivity index (χ2n) is 5.84. The molecule has 110 valence electrons. The van der Waals surface area contributed by atoms with Gasteiger partial charge >= 0.3 is 0 Å². The molecule has 0 bridgehead atoms. The minimum Gasteiger partial charge on any atom is -0.314 e. The van der Waals surface area contributed by atoms with Crippen LogP contribution in [0.4, 0.5) is 4.39 Å². The summed E-state index contributed by atoms with van der Waals surface area (Å²) in [6.45, 7) is 5.17. The van der Waals surface area contributed by atoms with E-state index in [0.29, 0.717) is 6.04 Å². The lowest BCUT2D eigenvalue weighted by Gasteiger charge is -2.22. The molecule has 0 aliphatic heterocycles. The number of nitrogens with one attached hydrogen (secondary N) is 1. The van der Waals surface area contributed by atoms with Gasteiger partial charge < -0.3 is 5.32 Å². The Balaban J connectivity index is 2.04. The van der Waals surface area contributed by atoms with Gasteiger partial charge in [-0.1, -0.05) is 24.6 Å². The molecule has 1 atom stereocenters. The molecular formula is C18H26FN. The number of benzene rings is 1. The first-order chi connectivity index (χ1) is 9.69. The SMILES string of the molecule is CCNC(CC1=CCCCC1)Cc1cc(F)ccc1C. The van der Waals surface area contributed by atoms with Gasteiger partial charge in [-0.05, 0) is 75.3 Å². The molecule has 0 spiro atoms. The second kappa shape index (κ2) is 7.58. The Bertz CT molecular complexity index is 464. The summed E-state index contributed by atoms with van der Waals surface area (Å²) in [5, 5.41) is 3.56. The third kappa shape index (κ3) is 4.45. The summed E-state index contributed by atoms with van der Waals surface area (Å²) >= 11 is 0. The minimum absolute atomic E-state index is 0.127. The van der Waals surface area contributed by atoms with Gasteiger partial charge in [-0.15, -0.1) is 0 Å². The molecule has 0 fully saturated rings. The summed E-state index contributed by atoms with van der Waals surface area (Å²) in [5.74, 6) is -0.127. The van der Waals surface area contributed by atoms with Crippen molar-refractivity contribution < 1.29 is 4.39 Å². The topological polar surface area (TPSA) is 12.0 Å². The second-order valence-corrected chi connectivity index (χ2v) is 5.84. The highest BCUT2D eigenvalue weighted by atomic mass is 19.1. The van der Waals surface area contributed by atoms with Crippen LogP contribution in [0.2, 0.25) is 0 Å². The van der Waals surface area contributed by atoms with Crippen LogP contribution in [0.5, 0.6) is 0 Å². The highest BCUT2D eigenvalue weighted by molar-refractivity contribution is 5.27. The van der Waals surface area contributed by atoms with Crippen LogP contribution < -0.4 is 5.32 Å².